The van der Waals surface area contributed by atoms with Crippen molar-refractivity contribution in [3.8, 4) is 0 Å². The summed E-state index contributed by atoms with van der Waals surface area (Å²) in [7, 11) is 0. The Balaban J connectivity index is 2.08. The van der Waals surface area contributed by atoms with Gasteiger partial charge in [-0.15, -0.1) is 10.2 Å². The van der Waals surface area contributed by atoms with Gasteiger partial charge in [0.25, 0.3) is 0 Å². The smallest absolute Gasteiger partial charge is 0.313 e. The van der Waals surface area contributed by atoms with Gasteiger partial charge in [-0.2, -0.15) is 0 Å². The Labute approximate surface area is 88.4 Å². The molecule has 5 heteroatoms. The van der Waals surface area contributed by atoms with Gasteiger partial charge in [-0.05, 0) is 19.8 Å². The van der Waals surface area contributed by atoms with E-state index in [0.717, 1.165) is 37.5 Å². The highest BCUT2D eigenvalue weighted by Crippen LogP contribution is 2.14. The normalized spacial score (nSPS) is 14.7. The van der Waals surface area contributed by atoms with Crippen LogP contribution in [-0.2, 0) is 28.9 Å². The highest BCUT2D eigenvalue weighted by molar-refractivity contribution is 5.71. The Bertz CT molecular complexity index is 360. The molecule has 1 aromatic rings. The van der Waals surface area contributed by atoms with Crippen molar-refractivity contribution >= 4 is 5.97 Å². The minimum atomic E-state index is -0.224. The Hall–Kier alpha value is -1.39. The summed E-state index contributed by atoms with van der Waals surface area (Å²) in [5, 5.41) is 8.11. The number of ether oxygens (including phenoxy) is 1. The predicted molar refractivity (Wildman–Crippen MR) is 53.3 cm³/mol. The summed E-state index contributed by atoms with van der Waals surface area (Å²) in [6.07, 6.45) is 3.51. The van der Waals surface area contributed by atoms with Crippen LogP contribution in [0.5, 0.6) is 0 Å². The first kappa shape index (κ1) is 10.1. The minimum absolute atomic E-state index is 0.224. The van der Waals surface area contributed by atoms with E-state index in [9.17, 15) is 4.79 Å². The second-order valence-electron chi connectivity index (χ2n) is 3.62. The summed E-state index contributed by atoms with van der Waals surface area (Å²) in [6.45, 7) is 3.15. The molecule has 0 spiro atoms. The molecule has 0 atom stereocenters. The van der Waals surface area contributed by atoms with Crippen molar-refractivity contribution in [1.82, 2.24) is 14.8 Å². The van der Waals surface area contributed by atoms with E-state index in [2.05, 4.69) is 10.2 Å². The quantitative estimate of drug-likeness (QED) is 0.688. The molecule has 1 aliphatic heterocycles. The Morgan fingerprint density at radius 1 is 1.47 bits per heavy atom. The fourth-order valence-corrected chi connectivity index (χ4v) is 1.84. The maximum atomic E-state index is 11.3. The highest BCUT2D eigenvalue weighted by atomic mass is 16.5. The lowest BCUT2D eigenvalue weighted by molar-refractivity contribution is -0.142. The van der Waals surface area contributed by atoms with Crippen molar-refractivity contribution in [3.05, 3.63) is 11.6 Å². The summed E-state index contributed by atoms with van der Waals surface area (Å²) in [4.78, 5) is 11.3. The number of carbonyl (C=O) groups is 1. The maximum absolute atomic E-state index is 11.3. The number of nitrogens with zero attached hydrogens (tertiary/aromatic N) is 3. The van der Waals surface area contributed by atoms with Gasteiger partial charge in [-0.1, -0.05) is 0 Å². The molecule has 0 N–H and O–H groups in total. The lowest BCUT2D eigenvalue weighted by atomic mass is 10.1. The molecule has 0 amide bonds. The summed E-state index contributed by atoms with van der Waals surface area (Å²) in [5.74, 6) is 1.52. The first-order valence-corrected chi connectivity index (χ1v) is 5.38. The molecule has 0 saturated heterocycles. The molecular formula is C10H15N3O2. The average molecular weight is 209 g/mol. The van der Waals surface area contributed by atoms with E-state index in [-0.39, 0.29) is 12.4 Å². The van der Waals surface area contributed by atoms with Crippen LogP contribution in [0, 0.1) is 0 Å². The third-order valence-corrected chi connectivity index (χ3v) is 2.54. The fourth-order valence-electron chi connectivity index (χ4n) is 1.84. The van der Waals surface area contributed by atoms with Gasteiger partial charge in [-0.3, -0.25) is 4.79 Å². The molecule has 2 rings (SSSR count). The van der Waals surface area contributed by atoms with Crippen LogP contribution in [0.4, 0.5) is 0 Å². The van der Waals surface area contributed by atoms with Crippen LogP contribution >= 0.6 is 0 Å². The van der Waals surface area contributed by atoms with Crippen molar-refractivity contribution in [3.63, 3.8) is 0 Å². The number of aryl methyl sites for hydroxylation is 1. The number of aromatic nitrogens is 3. The van der Waals surface area contributed by atoms with Gasteiger partial charge < -0.3 is 9.30 Å². The first-order chi connectivity index (χ1) is 7.31. The van der Waals surface area contributed by atoms with E-state index >= 15 is 0 Å². The standard InChI is InChI=1S/C10H15N3O2/c1-2-15-10(14)7-9-12-11-8-5-3-4-6-13(8)9/h2-7H2,1H3. The van der Waals surface area contributed by atoms with Crippen LogP contribution in [-0.4, -0.2) is 27.3 Å². The molecule has 0 unspecified atom stereocenters. The van der Waals surface area contributed by atoms with Gasteiger partial charge in [-0.25, -0.2) is 0 Å². The van der Waals surface area contributed by atoms with E-state index in [0.29, 0.717) is 6.61 Å². The molecule has 5 nitrogen and oxygen atoms in total. The number of fused-ring (bicyclic) bond motifs is 1. The van der Waals surface area contributed by atoms with Gasteiger partial charge in [0.15, 0.2) is 0 Å². The van der Waals surface area contributed by atoms with Crippen molar-refractivity contribution in [2.45, 2.75) is 39.2 Å². The second-order valence-corrected chi connectivity index (χ2v) is 3.62. The molecule has 1 aromatic heterocycles. The van der Waals surface area contributed by atoms with Gasteiger partial charge in [0.05, 0.1) is 6.61 Å². The molecule has 1 aliphatic rings. The van der Waals surface area contributed by atoms with Crippen LogP contribution in [0.25, 0.3) is 0 Å². The minimum Gasteiger partial charge on any atom is -0.466 e. The Kier molecular flexibility index (Phi) is 2.99. The molecule has 0 aliphatic carbocycles. The first-order valence-electron chi connectivity index (χ1n) is 5.38. The second kappa shape index (κ2) is 4.42. The van der Waals surface area contributed by atoms with Crippen molar-refractivity contribution in [1.29, 1.82) is 0 Å². The summed E-state index contributed by atoms with van der Waals surface area (Å²) >= 11 is 0. The van der Waals surface area contributed by atoms with Gasteiger partial charge in [0.2, 0.25) is 0 Å². The molecule has 82 valence electrons. The molecule has 0 bridgehead atoms. The Morgan fingerprint density at radius 3 is 3.13 bits per heavy atom. The number of hydrogen-bond acceptors (Lipinski definition) is 4. The van der Waals surface area contributed by atoms with E-state index in [1.54, 1.807) is 6.92 Å². The van der Waals surface area contributed by atoms with Crippen LogP contribution in [0.15, 0.2) is 0 Å². The fraction of sp³-hybridized carbons (Fsp3) is 0.700. The van der Waals surface area contributed by atoms with Gasteiger partial charge in [0, 0.05) is 13.0 Å². The van der Waals surface area contributed by atoms with Gasteiger partial charge >= 0.3 is 5.97 Å². The third kappa shape index (κ3) is 2.16. The zero-order chi connectivity index (χ0) is 10.7. The number of hydrogen-bond donors (Lipinski definition) is 0. The summed E-state index contributed by atoms with van der Waals surface area (Å²) < 4.78 is 6.93. The molecule has 0 aromatic carbocycles. The molecule has 0 radical (unpaired) electrons. The molecule has 15 heavy (non-hydrogen) atoms. The highest BCUT2D eigenvalue weighted by Gasteiger charge is 2.17. The molecular weight excluding hydrogens is 194 g/mol. The average Bonchev–Trinajstić information content (AvgIpc) is 2.62. The van der Waals surface area contributed by atoms with Crippen molar-refractivity contribution in [2.24, 2.45) is 0 Å². The zero-order valence-electron chi connectivity index (χ0n) is 8.90. The van der Waals surface area contributed by atoms with Crippen LogP contribution < -0.4 is 0 Å². The van der Waals surface area contributed by atoms with Crippen LogP contribution in [0.1, 0.15) is 31.4 Å². The monoisotopic (exact) mass is 209 g/mol. The molecule has 0 saturated carbocycles. The lowest BCUT2D eigenvalue weighted by Crippen LogP contribution is -2.16. The van der Waals surface area contributed by atoms with Gasteiger partial charge in [0.1, 0.15) is 18.1 Å². The number of esters is 1. The lowest BCUT2D eigenvalue weighted by Gasteiger charge is -2.14. The van der Waals surface area contributed by atoms with E-state index in [4.69, 9.17) is 4.74 Å². The predicted octanol–water partition coefficient (Wildman–Crippen LogP) is 0.720. The van der Waals surface area contributed by atoms with Crippen molar-refractivity contribution in [2.75, 3.05) is 6.61 Å². The summed E-state index contributed by atoms with van der Waals surface area (Å²) in [5.41, 5.74) is 0. The summed E-state index contributed by atoms with van der Waals surface area (Å²) in [6, 6.07) is 0. The largest absolute Gasteiger partial charge is 0.466 e. The third-order valence-electron chi connectivity index (χ3n) is 2.54. The van der Waals surface area contributed by atoms with E-state index in [1.165, 1.54) is 0 Å². The number of carbonyl (C=O) groups excluding carboxylic acids is 1. The topological polar surface area (TPSA) is 57.0 Å². The van der Waals surface area contributed by atoms with Crippen LogP contribution in [0.3, 0.4) is 0 Å². The Morgan fingerprint density at radius 2 is 2.33 bits per heavy atom. The van der Waals surface area contributed by atoms with E-state index in [1.807, 2.05) is 4.57 Å². The SMILES string of the molecule is CCOC(=O)Cc1nnc2n1CCCC2. The molecule has 2 heterocycles. The van der Waals surface area contributed by atoms with E-state index < -0.39 is 0 Å². The molecule has 0 fully saturated rings. The maximum Gasteiger partial charge on any atom is 0.313 e. The van der Waals surface area contributed by atoms with Crippen molar-refractivity contribution < 1.29 is 9.53 Å². The zero-order valence-corrected chi connectivity index (χ0v) is 8.90. The van der Waals surface area contributed by atoms with Crippen LogP contribution in [0.2, 0.25) is 0 Å². The number of rotatable bonds is 3.